The number of pyridine rings is 1. The number of rotatable bonds is 0. The maximum absolute atomic E-state index is 5.12. The predicted molar refractivity (Wildman–Crippen MR) is 226 cm³/mol. The lowest BCUT2D eigenvalue weighted by Gasteiger charge is -1.91. The van der Waals surface area contributed by atoms with Crippen LogP contribution in [-0.2, 0) is 0 Å². The fourth-order valence-corrected chi connectivity index (χ4v) is 6.19. The summed E-state index contributed by atoms with van der Waals surface area (Å²) in [5.41, 5.74) is 4.70. The quantitative estimate of drug-likeness (QED) is 0.142. The topological polar surface area (TPSA) is 125 Å². The van der Waals surface area contributed by atoms with Crippen molar-refractivity contribution in [2.45, 2.75) is 0 Å². The second-order valence-corrected chi connectivity index (χ2v) is 12.8. The zero-order valence-electron chi connectivity index (χ0n) is 29.6. The summed E-state index contributed by atoms with van der Waals surface area (Å²) in [5.74, 6) is 0. The fraction of sp³-hybridized carbons (Fsp3) is 0. The molecule has 0 amide bonds. The van der Waals surface area contributed by atoms with Crippen molar-refractivity contribution in [2.75, 3.05) is 0 Å². The van der Waals surface area contributed by atoms with Gasteiger partial charge in [-0.15, -0.1) is 11.3 Å². The molecule has 0 saturated carbocycles. The smallest absolute Gasteiger partial charge is 0.180 e. The van der Waals surface area contributed by atoms with Crippen LogP contribution >= 0.6 is 11.3 Å². The first-order valence-corrected chi connectivity index (χ1v) is 18.3. The van der Waals surface area contributed by atoms with Gasteiger partial charge in [0.1, 0.15) is 17.4 Å². The number of imidazole rings is 1. The van der Waals surface area contributed by atoms with Crippen molar-refractivity contribution in [3.05, 3.63) is 201 Å². The third kappa shape index (κ3) is 10.1. The van der Waals surface area contributed by atoms with Crippen molar-refractivity contribution >= 4 is 76.1 Å². The Balaban J connectivity index is 0.000000102. The van der Waals surface area contributed by atoms with Crippen LogP contribution in [0.3, 0.4) is 0 Å². The van der Waals surface area contributed by atoms with Gasteiger partial charge in [0.05, 0.1) is 36.0 Å². The van der Waals surface area contributed by atoms with Crippen LogP contribution in [0.25, 0.3) is 64.8 Å². The molecule has 5 aromatic carbocycles. The van der Waals surface area contributed by atoms with E-state index in [0.717, 1.165) is 32.9 Å². The highest BCUT2D eigenvalue weighted by atomic mass is 32.1. The van der Waals surface area contributed by atoms with Gasteiger partial charge in [0.2, 0.25) is 0 Å². The minimum absolute atomic E-state index is 0.713. The molecule has 0 fully saturated rings. The Hall–Kier alpha value is -7.43. The Morgan fingerprint density at radius 2 is 1.22 bits per heavy atom. The highest BCUT2D eigenvalue weighted by molar-refractivity contribution is 7.17. The molecule has 0 aliphatic heterocycles. The molecule has 10 heteroatoms. The molecule has 9 nitrogen and oxygen atoms in total. The van der Waals surface area contributed by atoms with Crippen LogP contribution in [-0.4, -0.2) is 40.1 Å². The number of nitrogens with one attached hydrogen (secondary N) is 3. The number of hydrogen-bond donors (Lipinski definition) is 3. The maximum Gasteiger partial charge on any atom is 0.180 e. The zero-order chi connectivity index (χ0) is 37.3. The van der Waals surface area contributed by atoms with Crippen LogP contribution in [0.15, 0.2) is 205 Å². The van der Waals surface area contributed by atoms with Crippen LogP contribution in [0.4, 0.5) is 0 Å². The van der Waals surface area contributed by atoms with Gasteiger partial charge in [-0.25, -0.2) is 15.0 Å². The van der Waals surface area contributed by atoms with Crippen LogP contribution < -0.4 is 0 Å². The minimum atomic E-state index is 0.713. The van der Waals surface area contributed by atoms with Gasteiger partial charge >= 0.3 is 0 Å². The Labute approximate surface area is 320 Å². The summed E-state index contributed by atoms with van der Waals surface area (Å²) in [6.45, 7) is 0. The van der Waals surface area contributed by atoms with E-state index in [2.05, 4.69) is 100 Å². The first-order valence-electron chi connectivity index (χ1n) is 17.4. The van der Waals surface area contributed by atoms with E-state index in [1.54, 1.807) is 30.1 Å². The number of para-hydroxylation sites is 3. The molecular weight excluding hydrogens is 701 g/mol. The molecule has 0 atom stereocenters. The van der Waals surface area contributed by atoms with Gasteiger partial charge in [0.25, 0.3) is 0 Å². The lowest BCUT2D eigenvalue weighted by atomic mass is 10.2. The van der Waals surface area contributed by atoms with E-state index >= 15 is 0 Å². The zero-order valence-corrected chi connectivity index (χ0v) is 30.4. The molecule has 12 rings (SSSR count). The van der Waals surface area contributed by atoms with Crippen molar-refractivity contribution in [3.63, 3.8) is 0 Å². The largest absolute Gasteiger partial charge is 0.464 e. The molecule has 268 valence electrons. The predicted octanol–water partition coefficient (Wildman–Crippen LogP) is 11.7. The van der Waals surface area contributed by atoms with Crippen molar-refractivity contribution in [3.8, 4) is 0 Å². The summed E-state index contributed by atoms with van der Waals surface area (Å²) in [4.78, 5) is 21.7. The van der Waals surface area contributed by atoms with E-state index in [1.165, 1.54) is 32.6 Å². The number of aromatic amines is 3. The SMILES string of the molecule is c1ccc2[nH]ncc2c1.c1ccc2c[nH]cc2c1.c1ccc2ncccc2c1.c1ccc2occc2c1.c1ccc2sccc2c1.c1ncc2[nH]cnc2n1. The molecule has 12 aromatic rings. The third-order valence-corrected chi connectivity index (χ3v) is 9.05. The molecule has 0 saturated heterocycles. The molecule has 7 aromatic heterocycles. The standard InChI is InChI=1S/C9H7N.C8H7N.C8H6O.C8H6S.C7H6N2.C5H4N4/c1-2-6-9-8(4-1)5-3-7-10-9;1-2-4-8-6-9-5-7(8)3-1;2*1-2-4-8-7(3-1)5-6-9-8;1-2-4-7-6(3-1)5-8-9-7;1-4-5(8-2-6-1)9-3-7-4/h1-7H;1-6,9H;2*1-6H;1-5H,(H,8,9);1-3H,(H,6,7,8,9). The van der Waals surface area contributed by atoms with Gasteiger partial charge in [-0.1, -0.05) is 103 Å². The molecule has 3 N–H and O–H groups in total. The molecule has 0 spiro atoms. The highest BCUT2D eigenvalue weighted by Crippen LogP contribution is 2.19. The van der Waals surface area contributed by atoms with Crippen LogP contribution in [0.2, 0.25) is 0 Å². The first-order chi connectivity index (χ1) is 27.3. The minimum Gasteiger partial charge on any atom is -0.464 e. The van der Waals surface area contributed by atoms with Gasteiger partial charge in [-0.05, 0) is 64.0 Å². The van der Waals surface area contributed by atoms with E-state index in [9.17, 15) is 0 Å². The summed E-state index contributed by atoms with van der Waals surface area (Å²) < 4.78 is 6.49. The number of hydrogen-bond acceptors (Lipinski definition) is 7. The first kappa shape index (κ1) is 36.0. The van der Waals surface area contributed by atoms with E-state index < -0.39 is 0 Å². The van der Waals surface area contributed by atoms with Crippen molar-refractivity contribution in [1.82, 2.24) is 40.1 Å². The number of benzene rings is 5. The van der Waals surface area contributed by atoms with Crippen molar-refractivity contribution in [2.24, 2.45) is 0 Å². The fourth-order valence-electron chi connectivity index (χ4n) is 5.40. The van der Waals surface area contributed by atoms with E-state index in [4.69, 9.17) is 4.42 Å². The summed E-state index contributed by atoms with van der Waals surface area (Å²) in [5, 5.41) is 16.3. The number of fused-ring (bicyclic) bond motifs is 6. The van der Waals surface area contributed by atoms with E-state index in [1.807, 2.05) is 116 Å². The van der Waals surface area contributed by atoms with E-state index in [0.29, 0.717) is 5.65 Å². The molecule has 0 bridgehead atoms. The Morgan fingerprint density at radius 1 is 0.527 bits per heavy atom. The average Bonchev–Trinajstić information content (AvgIpc) is 4.12. The maximum atomic E-state index is 5.12. The third-order valence-electron chi connectivity index (χ3n) is 8.16. The highest BCUT2D eigenvalue weighted by Gasteiger charge is 1.93. The van der Waals surface area contributed by atoms with Gasteiger partial charge in [0.15, 0.2) is 5.65 Å². The second kappa shape index (κ2) is 18.9. The van der Waals surface area contributed by atoms with Crippen LogP contribution in [0.5, 0.6) is 0 Å². The summed E-state index contributed by atoms with van der Waals surface area (Å²) >= 11 is 1.79. The average molecular weight is 737 g/mol. The molecule has 0 radical (unpaired) electrons. The number of nitrogens with zero attached hydrogens (tertiary/aromatic N) is 5. The molecular formula is C45H36N8OS. The molecule has 0 unspecified atom stereocenters. The molecule has 0 aliphatic rings. The van der Waals surface area contributed by atoms with Gasteiger partial charge < -0.3 is 14.4 Å². The lowest BCUT2D eigenvalue weighted by Crippen LogP contribution is -1.76. The number of aromatic nitrogens is 8. The Bertz CT molecular complexity index is 2340. The second-order valence-electron chi connectivity index (χ2n) is 11.8. The summed E-state index contributed by atoms with van der Waals surface area (Å²) in [6.07, 6.45) is 14.1. The van der Waals surface area contributed by atoms with Crippen LogP contribution in [0.1, 0.15) is 0 Å². The number of furan rings is 1. The molecule has 55 heavy (non-hydrogen) atoms. The van der Waals surface area contributed by atoms with E-state index in [-0.39, 0.29) is 0 Å². The number of H-pyrrole nitrogens is 3. The van der Waals surface area contributed by atoms with Crippen LogP contribution in [0, 0.1) is 0 Å². The number of thiophene rings is 1. The Morgan fingerprint density at radius 3 is 1.98 bits per heavy atom. The van der Waals surface area contributed by atoms with Crippen molar-refractivity contribution < 1.29 is 4.42 Å². The van der Waals surface area contributed by atoms with Gasteiger partial charge in [0, 0.05) is 39.4 Å². The lowest BCUT2D eigenvalue weighted by molar-refractivity contribution is 0.616. The summed E-state index contributed by atoms with van der Waals surface area (Å²) in [6, 6.07) is 48.8. The Kier molecular flexibility index (Phi) is 12.3. The van der Waals surface area contributed by atoms with Gasteiger partial charge in [-0.3, -0.25) is 10.1 Å². The van der Waals surface area contributed by atoms with Gasteiger partial charge in [-0.2, -0.15) is 5.10 Å². The normalized spacial score (nSPS) is 10.2. The monoisotopic (exact) mass is 736 g/mol. The summed E-state index contributed by atoms with van der Waals surface area (Å²) in [7, 11) is 0. The molecule has 0 aliphatic carbocycles. The van der Waals surface area contributed by atoms with Crippen molar-refractivity contribution in [1.29, 1.82) is 0 Å². The molecule has 7 heterocycles.